The van der Waals surface area contributed by atoms with Crippen LogP contribution in [0, 0.1) is 5.92 Å². The minimum absolute atomic E-state index is 0.260. The van der Waals surface area contributed by atoms with Gasteiger partial charge in [0.25, 0.3) is 0 Å². The Kier molecular flexibility index (Phi) is 5.26. The molecule has 1 heteroatoms. The van der Waals surface area contributed by atoms with Crippen LogP contribution in [0.4, 0.5) is 0 Å². The average molecular weight is 273 g/mol. The van der Waals surface area contributed by atoms with E-state index in [1.165, 1.54) is 43.2 Å². The largest absolute Gasteiger partial charge is 0.314 e. The number of nitrogens with one attached hydrogen (secondary N) is 1. The molecule has 1 aliphatic rings. The van der Waals surface area contributed by atoms with Crippen molar-refractivity contribution in [3.05, 3.63) is 35.4 Å². The quantitative estimate of drug-likeness (QED) is 0.839. The maximum absolute atomic E-state index is 3.69. The highest BCUT2D eigenvalue weighted by atomic mass is 14.9. The van der Waals surface area contributed by atoms with Crippen LogP contribution in [0.25, 0.3) is 0 Å². The summed E-state index contributed by atoms with van der Waals surface area (Å²) < 4.78 is 0. The average Bonchev–Trinajstić information content (AvgIpc) is 2.41. The molecule has 0 amide bonds. The van der Waals surface area contributed by atoms with Crippen LogP contribution in [-0.4, -0.2) is 12.6 Å². The lowest BCUT2D eigenvalue weighted by molar-refractivity contribution is 0.264. The molecule has 1 nitrogen and oxygen atoms in total. The van der Waals surface area contributed by atoms with Crippen molar-refractivity contribution in [1.29, 1.82) is 0 Å². The lowest BCUT2D eigenvalue weighted by Gasteiger charge is -2.32. The van der Waals surface area contributed by atoms with E-state index in [-0.39, 0.29) is 5.41 Å². The third-order valence-electron chi connectivity index (χ3n) is 4.69. The van der Waals surface area contributed by atoms with E-state index in [1.54, 1.807) is 0 Å². The van der Waals surface area contributed by atoms with E-state index in [9.17, 15) is 0 Å². The predicted molar refractivity (Wildman–Crippen MR) is 88.3 cm³/mol. The predicted octanol–water partition coefficient (Wildman–Crippen LogP) is 4.69. The van der Waals surface area contributed by atoms with E-state index in [0.717, 1.165) is 18.5 Å². The summed E-state index contributed by atoms with van der Waals surface area (Å²) in [5.41, 5.74) is 3.20. The smallest absolute Gasteiger partial charge is 0.00983 e. The van der Waals surface area contributed by atoms with Crippen LogP contribution in [0.15, 0.2) is 24.3 Å². The molecule has 2 atom stereocenters. The summed E-state index contributed by atoms with van der Waals surface area (Å²) in [6.45, 7) is 10.2. The van der Waals surface area contributed by atoms with E-state index >= 15 is 0 Å². The van der Waals surface area contributed by atoms with Gasteiger partial charge in [0.05, 0.1) is 0 Å². The molecular weight excluding hydrogens is 242 g/mol. The summed E-state index contributed by atoms with van der Waals surface area (Å²) >= 11 is 0. The molecule has 0 aliphatic heterocycles. The summed E-state index contributed by atoms with van der Waals surface area (Å²) in [7, 11) is 0. The van der Waals surface area contributed by atoms with Gasteiger partial charge in [-0.25, -0.2) is 0 Å². The molecule has 1 N–H and O–H groups in total. The highest BCUT2D eigenvalue weighted by Gasteiger charge is 2.24. The Balaban J connectivity index is 2.01. The Hall–Kier alpha value is -0.820. The van der Waals surface area contributed by atoms with Gasteiger partial charge in [0.2, 0.25) is 0 Å². The van der Waals surface area contributed by atoms with E-state index in [1.807, 2.05) is 0 Å². The Morgan fingerprint density at radius 3 is 2.30 bits per heavy atom. The lowest BCUT2D eigenvalue weighted by Crippen LogP contribution is -2.39. The fourth-order valence-corrected chi connectivity index (χ4v) is 3.43. The first-order chi connectivity index (χ1) is 9.50. The van der Waals surface area contributed by atoms with Gasteiger partial charge in [-0.3, -0.25) is 0 Å². The first-order valence-electron chi connectivity index (χ1n) is 8.33. The highest BCUT2D eigenvalue weighted by molar-refractivity contribution is 5.27. The minimum atomic E-state index is 0.260. The van der Waals surface area contributed by atoms with Gasteiger partial charge < -0.3 is 5.32 Å². The molecule has 20 heavy (non-hydrogen) atoms. The zero-order valence-corrected chi connectivity index (χ0v) is 13.7. The molecule has 1 fully saturated rings. The van der Waals surface area contributed by atoms with Gasteiger partial charge in [0.15, 0.2) is 0 Å². The third-order valence-corrected chi connectivity index (χ3v) is 4.69. The second-order valence-corrected chi connectivity index (χ2v) is 7.36. The van der Waals surface area contributed by atoms with Crippen LogP contribution in [0.2, 0.25) is 0 Å². The fraction of sp³-hybridized carbons (Fsp3) is 0.684. The molecule has 0 aromatic heterocycles. The van der Waals surface area contributed by atoms with Gasteiger partial charge in [-0.1, -0.05) is 64.8 Å². The molecule has 2 unspecified atom stereocenters. The molecule has 0 bridgehead atoms. The lowest BCUT2D eigenvalue weighted by atomic mass is 9.80. The summed E-state index contributed by atoms with van der Waals surface area (Å²) in [5, 5.41) is 3.69. The standard InChI is InChI=1S/C19H31N/c1-5-20-18-9-7-6-8-16(18)14-15-10-12-17(13-11-15)19(2,3)4/h10-13,16,18,20H,5-9,14H2,1-4H3. The molecule has 0 heterocycles. The Bertz CT molecular complexity index is 397. The number of hydrogen-bond donors (Lipinski definition) is 1. The Morgan fingerprint density at radius 2 is 1.70 bits per heavy atom. The van der Waals surface area contributed by atoms with Crippen LogP contribution >= 0.6 is 0 Å². The number of benzene rings is 1. The molecule has 2 rings (SSSR count). The first-order valence-corrected chi connectivity index (χ1v) is 8.33. The Labute approximate surface area is 125 Å². The normalized spacial score (nSPS) is 23.8. The monoisotopic (exact) mass is 273 g/mol. The zero-order chi connectivity index (χ0) is 14.6. The topological polar surface area (TPSA) is 12.0 Å². The molecule has 0 spiro atoms. The molecule has 1 aliphatic carbocycles. The molecular formula is C19H31N. The van der Waals surface area contributed by atoms with Crippen molar-refractivity contribution < 1.29 is 0 Å². The van der Waals surface area contributed by atoms with Crippen LogP contribution < -0.4 is 5.32 Å². The van der Waals surface area contributed by atoms with E-state index in [2.05, 4.69) is 57.3 Å². The van der Waals surface area contributed by atoms with Crippen molar-refractivity contribution in [1.82, 2.24) is 5.32 Å². The van der Waals surface area contributed by atoms with E-state index < -0.39 is 0 Å². The van der Waals surface area contributed by atoms with Gasteiger partial charge >= 0.3 is 0 Å². The van der Waals surface area contributed by atoms with E-state index in [0.29, 0.717) is 0 Å². The minimum Gasteiger partial charge on any atom is -0.314 e. The van der Waals surface area contributed by atoms with Crippen molar-refractivity contribution >= 4 is 0 Å². The maximum atomic E-state index is 3.69. The van der Waals surface area contributed by atoms with Crippen LogP contribution in [-0.2, 0) is 11.8 Å². The molecule has 0 saturated heterocycles. The summed E-state index contributed by atoms with van der Waals surface area (Å²) in [4.78, 5) is 0. The van der Waals surface area contributed by atoms with Gasteiger partial charge in [-0.2, -0.15) is 0 Å². The van der Waals surface area contributed by atoms with Crippen molar-refractivity contribution in [3.8, 4) is 0 Å². The summed E-state index contributed by atoms with van der Waals surface area (Å²) in [6.07, 6.45) is 6.79. The zero-order valence-electron chi connectivity index (χ0n) is 13.7. The second kappa shape index (κ2) is 6.76. The van der Waals surface area contributed by atoms with Gasteiger partial charge in [-0.15, -0.1) is 0 Å². The third kappa shape index (κ3) is 4.09. The number of rotatable bonds is 4. The summed E-state index contributed by atoms with van der Waals surface area (Å²) in [5.74, 6) is 0.823. The van der Waals surface area contributed by atoms with Gasteiger partial charge in [-0.05, 0) is 48.3 Å². The van der Waals surface area contributed by atoms with Gasteiger partial charge in [0, 0.05) is 6.04 Å². The fourth-order valence-electron chi connectivity index (χ4n) is 3.43. The van der Waals surface area contributed by atoms with Crippen molar-refractivity contribution in [2.45, 2.75) is 71.3 Å². The second-order valence-electron chi connectivity index (χ2n) is 7.36. The van der Waals surface area contributed by atoms with Gasteiger partial charge in [0.1, 0.15) is 0 Å². The summed E-state index contributed by atoms with van der Waals surface area (Å²) in [6, 6.07) is 10.1. The van der Waals surface area contributed by atoms with Crippen molar-refractivity contribution in [2.75, 3.05) is 6.54 Å². The van der Waals surface area contributed by atoms with Crippen LogP contribution in [0.5, 0.6) is 0 Å². The first kappa shape index (κ1) is 15.6. The van der Waals surface area contributed by atoms with Crippen LogP contribution in [0.3, 0.4) is 0 Å². The highest BCUT2D eigenvalue weighted by Crippen LogP contribution is 2.28. The van der Waals surface area contributed by atoms with Crippen LogP contribution in [0.1, 0.15) is 64.5 Å². The molecule has 1 aromatic rings. The van der Waals surface area contributed by atoms with Crippen molar-refractivity contribution in [2.24, 2.45) is 5.92 Å². The molecule has 112 valence electrons. The van der Waals surface area contributed by atoms with E-state index in [4.69, 9.17) is 0 Å². The SMILES string of the molecule is CCNC1CCCCC1Cc1ccc(C(C)(C)C)cc1. The molecule has 1 saturated carbocycles. The van der Waals surface area contributed by atoms with Crippen molar-refractivity contribution in [3.63, 3.8) is 0 Å². The number of hydrogen-bond acceptors (Lipinski definition) is 1. The molecule has 1 aromatic carbocycles. The maximum Gasteiger partial charge on any atom is 0.00983 e. The molecule has 0 radical (unpaired) electrons. The Morgan fingerprint density at radius 1 is 1.05 bits per heavy atom.